The van der Waals surface area contributed by atoms with E-state index in [-0.39, 0.29) is 0 Å². The van der Waals surface area contributed by atoms with Crippen molar-refractivity contribution >= 4 is 18.2 Å². The van der Waals surface area contributed by atoms with Crippen LogP contribution in [0.4, 0.5) is 5.95 Å². The molecule has 0 amide bonds. The average Bonchev–Trinajstić information content (AvgIpc) is 3.17. The minimum absolute atomic E-state index is 0.480. The van der Waals surface area contributed by atoms with Gasteiger partial charge in [0.15, 0.2) is 4.77 Å². The first kappa shape index (κ1) is 14.1. The molecular formula is C15H26N4S. The molecule has 0 atom stereocenters. The second kappa shape index (κ2) is 5.51. The Kier molecular flexibility index (Phi) is 3.89. The molecule has 0 radical (unpaired) electrons. The fourth-order valence-electron chi connectivity index (χ4n) is 3.94. The molecule has 0 spiro atoms. The van der Waals surface area contributed by atoms with Gasteiger partial charge in [-0.05, 0) is 49.7 Å². The Morgan fingerprint density at radius 1 is 1.30 bits per heavy atom. The number of aromatic nitrogens is 3. The quantitative estimate of drug-likeness (QED) is 0.850. The average molecular weight is 294 g/mol. The van der Waals surface area contributed by atoms with Crippen LogP contribution in [-0.2, 0) is 0 Å². The van der Waals surface area contributed by atoms with Gasteiger partial charge in [0.05, 0.1) is 0 Å². The van der Waals surface area contributed by atoms with Crippen molar-refractivity contribution in [2.75, 3.05) is 18.0 Å². The summed E-state index contributed by atoms with van der Waals surface area (Å²) in [4.78, 5) is 2.46. The van der Waals surface area contributed by atoms with Gasteiger partial charge in [-0.3, -0.25) is 4.57 Å². The molecule has 2 heterocycles. The number of hydrogen-bond acceptors (Lipinski definition) is 3. The minimum Gasteiger partial charge on any atom is -0.340 e. The summed E-state index contributed by atoms with van der Waals surface area (Å²) in [6, 6.07) is 0.564. The van der Waals surface area contributed by atoms with Crippen LogP contribution in [0.1, 0.15) is 64.8 Å². The highest BCUT2D eigenvalue weighted by molar-refractivity contribution is 7.71. The van der Waals surface area contributed by atoms with Gasteiger partial charge in [-0.15, -0.1) is 5.10 Å². The van der Waals surface area contributed by atoms with Crippen LogP contribution in [0.3, 0.4) is 0 Å². The van der Waals surface area contributed by atoms with Gasteiger partial charge in [-0.1, -0.05) is 26.7 Å². The monoisotopic (exact) mass is 294 g/mol. The molecule has 1 saturated carbocycles. The van der Waals surface area contributed by atoms with Crippen molar-refractivity contribution in [3.8, 4) is 0 Å². The van der Waals surface area contributed by atoms with Gasteiger partial charge in [-0.25, -0.2) is 5.10 Å². The van der Waals surface area contributed by atoms with Crippen LogP contribution in [0, 0.1) is 10.2 Å². The molecule has 4 nitrogen and oxygen atoms in total. The first-order valence-corrected chi connectivity index (χ1v) is 8.52. The van der Waals surface area contributed by atoms with Gasteiger partial charge in [0, 0.05) is 19.1 Å². The highest BCUT2D eigenvalue weighted by atomic mass is 32.1. The molecule has 3 rings (SSSR count). The number of aromatic amines is 1. The number of nitrogens with zero attached hydrogens (tertiary/aromatic N) is 3. The predicted octanol–water partition coefficient (Wildman–Crippen LogP) is 4.07. The Morgan fingerprint density at radius 2 is 2.00 bits per heavy atom. The summed E-state index contributed by atoms with van der Waals surface area (Å²) in [7, 11) is 0. The van der Waals surface area contributed by atoms with Crippen molar-refractivity contribution in [2.45, 2.75) is 64.8 Å². The van der Waals surface area contributed by atoms with Gasteiger partial charge in [0.25, 0.3) is 0 Å². The lowest BCUT2D eigenvalue weighted by Gasteiger charge is -2.27. The zero-order valence-corrected chi connectivity index (χ0v) is 13.5. The van der Waals surface area contributed by atoms with E-state index in [0.29, 0.717) is 11.5 Å². The second-order valence-corrected chi connectivity index (χ2v) is 6.90. The van der Waals surface area contributed by atoms with E-state index in [9.17, 15) is 0 Å². The summed E-state index contributed by atoms with van der Waals surface area (Å²) < 4.78 is 3.10. The van der Waals surface area contributed by atoms with Crippen LogP contribution in [0.25, 0.3) is 0 Å². The summed E-state index contributed by atoms with van der Waals surface area (Å²) in [6.07, 6.45) is 8.95. The lowest BCUT2D eigenvalue weighted by atomic mass is 9.82. The lowest BCUT2D eigenvalue weighted by Crippen LogP contribution is -2.28. The Balaban J connectivity index is 1.87. The van der Waals surface area contributed by atoms with Crippen molar-refractivity contribution in [2.24, 2.45) is 5.41 Å². The third kappa shape index (κ3) is 2.30. The summed E-state index contributed by atoms with van der Waals surface area (Å²) in [5.74, 6) is 1.09. The smallest absolute Gasteiger partial charge is 0.226 e. The van der Waals surface area contributed by atoms with Crippen molar-refractivity contribution in [1.82, 2.24) is 14.8 Å². The largest absolute Gasteiger partial charge is 0.340 e. The maximum atomic E-state index is 5.48. The summed E-state index contributed by atoms with van der Waals surface area (Å²) >= 11 is 5.48. The van der Waals surface area contributed by atoms with Gasteiger partial charge in [-0.2, -0.15) is 0 Å². The second-order valence-electron chi connectivity index (χ2n) is 6.52. The van der Waals surface area contributed by atoms with Crippen molar-refractivity contribution in [3.63, 3.8) is 0 Å². The Morgan fingerprint density at radius 3 is 2.60 bits per heavy atom. The summed E-state index contributed by atoms with van der Waals surface area (Å²) in [5.41, 5.74) is 0.480. The van der Waals surface area contributed by atoms with E-state index in [0.717, 1.165) is 23.8 Å². The molecule has 2 aliphatic rings. The molecule has 0 bridgehead atoms. The molecule has 0 unspecified atom stereocenters. The lowest BCUT2D eigenvalue weighted by molar-refractivity contribution is 0.301. The van der Waals surface area contributed by atoms with Crippen molar-refractivity contribution in [3.05, 3.63) is 4.77 Å². The van der Waals surface area contributed by atoms with Crippen molar-refractivity contribution < 1.29 is 0 Å². The van der Waals surface area contributed by atoms with E-state index < -0.39 is 0 Å². The normalized spacial score (nSPS) is 22.8. The number of hydrogen-bond donors (Lipinski definition) is 1. The number of anilines is 1. The number of nitrogens with one attached hydrogen (secondary N) is 1. The zero-order valence-electron chi connectivity index (χ0n) is 12.7. The molecule has 20 heavy (non-hydrogen) atoms. The van der Waals surface area contributed by atoms with E-state index in [1.165, 1.54) is 44.9 Å². The third-order valence-electron chi connectivity index (χ3n) is 5.60. The highest BCUT2D eigenvalue weighted by Gasteiger charge is 2.37. The fourth-order valence-corrected chi connectivity index (χ4v) is 4.22. The maximum absolute atomic E-state index is 5.48. The van der Waals surface area contributed by atoms with E-state index in [1.807, 2.05) is 0 Å². The molecule has 1 aliphatic carbocycles. The van der Waals surface area contributed by atoms with E-state index in [1.54, 1.807) is 0 Å². The standard InChI is InChI=1S/C15H26N4S/c1-3-15(4-2)9-10-18(11-15)13-16-17-14(20)19(13)12-7-5-6-8-12/h12H,3-11H2,1-2H3,(H,17,20). The molecule has 1 N–H and O–H groups in total. The van der Waals surface area contributed by atoms with Crippen LogP contribution in [0.5, 0.6) is 0 Å². The number of H-pyrrole nitrogens is 1. The Bertz CT molecular complexity index is 508. The predicted molar refractivity (Wildman–Crippen MR) is 84.8 cm³/mol. The van der Waals surface area contributed by atoms with Crippen LogP contribution < -0.4 is 4.90 Å². The van der Waals surface area contributed by atoms with Crippen LogP contribution in [0.15, 0.2) is 0 Å². The van der Waals surface area contributed by atoms with E-state index in [4.69, 9.17) is 12.2 Å². The van der Waals surface area contributed by atoms with E-state index in [2.05, 4.69) is 33.5 Å². The highest BCUT2D eigenvalue weighted by Crippen LogP contribution is 2.40. The zero-order chi connectivity index (χ0) is 14.2. The topological polar surface area (TPSA) is 36.9 Å². The Labute approximate surface area is 126 Å². The minimum atomic E-state index is 0.480. The molecule has 0 aromatic carbocycles. The van der Waals surface area contributed by atoms with Crippen LogP contribution in [0.2, 0.25) is 0 Å². The van der Waals surface area contributed by atoms with Crippen LogP contribution in [-0.4, -0.2) is 27.9 Å². The van der Waals surface area contributed by atoms with E-state index >= 15 is 0 Å². The molecule has 1 aliphatic heterocycles. The molecule has 112 valence electrons. The third-order valence-corrected chi connectivity index (χ3v) is 5.88. The maximum Gasteiger partial charge on any atom is 0.226 e. The summed E-state index contributed by atoms with van der Waals surface area (Å²) in [6.45, 7) is 6.89. The van der Waals surface area contributed by atoms with Gasteiger partial charge in [0.2, 0.25) is 5.95 Å². The van der Waals surface area contributed by atoms with Gasteiger partial charge >= 0.3 is 0 Å². The number of rotatable bonds is 4. The molecule has 1 saturated heterocycles. The first-order valence-electron chi connectivity index (χ1n) is 8.11. The molecule has 5 heteroatoms. The summed E-state index contributed by atoms with van der Waals surface area (Å²) in [5, 5.41) is 7.58. The molecular weight excluding hydrogens is 268 g/mol. The molecule has 1 aromatic heterocycles. The SMILES string of the molecule is CCC1(CC)CCN(c2n[nH]c(=S)n2C2CCCC2)C1. The van der Waals surface area contributed by atoms with Gasteiger partial charge < -0.3 is 4.90 Å². The van der Waals surface area contributed by atoms with Crippen molar-refractivity contribution in [1.29, 1.82) is 0 Å². The molecule has 1 aromatic rings. The molecule has 2 fully saturated rings. The Hall–Kier alpha value is -0.840. The van der Waals surface area contributed by atoms with Crippen LogP contribution >= 0.6 is 12.2 Å². The first-order chi connectivity index (χ1) is 9.69. The van der Waals surface area contributed by atoms with Gasteiger partial charge in [0.1, 0.15) is 0 Å². The fraction of sp³-hybridized carbons (Fsp3) is 0.867.